The minimum absolute atomic E-state index is 0.799. The van der Waals surface area contributed by atoms with Gasteiger partial charge in [-0.15, -0.1) is 11.3 Å². The highest BCUT2D eigenvalue weighted by Crippen LogP contribution is 2.23. The number of nitrogens with zero attached hydrogens (tertiary/aromatic N) is 1. The first-order valence-electron chi connectivity index (χ1n) is 4.70. The molecule has 0 bridgehead atoms. The molecule has 1 aromatic heterocycles. The van der Waals surface area contributed by atoms with E-state index in [2.05, 4.69) is 10.3 Å². The van der Waals surface area contributed by atoms with Crippen molar-refractivity contribution in [3.63, 3.8) is 0 Å². The Hall–Kier alpha value is -1.55. The van der Waals surface area contributed by atoms with E-state index in [0.717, 1.165) is 27.8 Å². The van der Waals surface area contributed by atoms with Crippen LogP contribution in [0.1, 0.15) is 11.3 Å². The molecular formula is C11H13N3S. The molecule has 0 amide bonds. The quantitative estimate of drug-likeness (QED) is 0.763. The molecule has 3 N–H and O–H groups in total. The van der Waals surface area contributed by atoms with Crippen molar-refractivity contribution < 1.29 is 0 Å². The van der Waals surface area contributed by atoms with Crippen molar-refractivity contribution in [1.82, 2.24) is 4.98 Å². The molecule has 1 aromatic carbocycles. The molecular weight excluding hydrogens is 206 g/mol. The van der Waals surface area contributed by atoms with Crippen LogP contribution >= 0.6 is 11.3 Å². The fourth-order valence-electron chi connectivity index (χ4n) is 1.25. The molecule has 3 nitrogen and oxygen atoms in total. The van der Waals surface area contributed by atoms with Gasteiger partial charge in [-0.25, -0.2) is 4.98 Å². The number of anilines is 3. The predicted molar refractivity (Wildman–Crippen MR) is 65.7 cm³/mol. The number of aryl methyl sites for hydroxylation is 2. The molecule has 0 fully saturated rings. The van der Waals surface area contributed by atoms with Gasteiger partial charge in [0.25, 0.3) is 0 Å². The van der Waals surface area contributed by atoms with E-state index in [1.165, 1.54) is 0 Å². The molecule has 4 heteroatoms. The van der Waals surface area contributed by atoms with E-state index in [-0.39, 0.29) is 0 Å². The lowest BCUT2D eigenvalue weighted by Crippen LogP contribution is -1.93. The highest BCUT2D eigenvalue weighted by Gasteiger charge is 2.00. The van der Waals surface area contributed by atoms with Crippen LogP contribution in [0.4, 0.5) is 16.5 Å². The summed E-state index contributed by atoms with van der Waals surface area (Å²) in [5.41, 5.74) is 9.72. The van der Waals surface area contributed by atoms with E-state index in [0.29, 0.717) is 0 Å². The van der Waals surface area contributed by atoms with Crippen LogP contribution < -0.4 is 11.1 Å². The average molecular weight is 219 g/mol. The maximum absolute atomic E-state index is 5.82. The van der Waals surface area contributed by atoms with Crippen LogP contribution in [-0.4, -0.2) is 4.98 Å². The zero-order valence-electron chi connectivity index (χ0n) is 8.74. The Morgan fingerprint density at radius 2 is 2.13 bits per heavy atom. The summed E-state index contributed by atoms with van der Waals surface area (Å²) in [6.45, 7) is 3.97. The maximum atomic E-state index is 5.82. The second kappa shape index (κ2) is 3.90. The number of rotatable bonds is 2. The summed E-state index contributed by atoms with van der Waals surface area (Å²) >= 11 is 1.59. The van der Waals surface area contributed by atoms with Crippen molar-refractivity contribution in [2.24, 2.45) is 0 Å². The Labute approximate surface area is 93.0 Å². The Morgan fingerprint density at radius 3 is 2.73 bits per heavy atom. The normalized spacial score (nSPS) is 10.3. The van der Waals surface area contributed by atoms with E-state index in [4.69, 9.17) is 5.73 Å². The molecule has 0 aliphatic heterocycles. The third-order valence-corrected chi connectivity index (χ3v) is 3.03. The van der Waals surface area contributed by atoms with Gasteiger partial charge in [0.15, 0.2) is 5.13 Å². The van der Waals surface area contributed by atoms with Crippen LogP contribution in [0.2, 0.25) is 0 Å². The fourth-order valence-corrected chi connectivity index (χ4v) is 1.96. The lowest BCUT2D eigenvalue weighted by Gasteiger charge is -2.05. The average Bonchev–Trinajstić information content (AvgIpc) is 2.58. The topological polar surface area (TPSA) is 50.9 Å². The zero-order valence-corrected chi connectivity index (χ0v) is 9.56. The third-order valence-electron chi connectivity index (χ3n) is 2.15. The molecule has 0 spiro atoms. The minimum atomic E-state index is 0.799. The van der Waals surface area contributed by atoms with Gasteiger partial charge in [-0.3, -0.25) is 0 Å². The number of thiazole rings is 1. The van der Waals surface area contributed by atoms with Crippen LogP contribution in [0, 0.1) is 13.8 Å². The van der Waals surface area contributed by atoms with Crippen LogP contribution in [0.25, 0.3) is 0 Å². The summed E-state index contributed by atoms with van der Waals surface area (Å²) in [4.78, 5) is 4.32. The number of benzene rings is 1. The summed E-state index contributed by atoms with van der Waals surface area (Å²) in [5, 5.41) is 6.13. The number of nitrogens with one attached hydrogen (secondary N) is 1. The van der Waals surface area contributed by atoms with Crippen molar-refractivity contribution in [1.29, 1.82) is 0 Å². The van der Waals surface area contributed by atoms with Crippen molar-refractivity contribution >= 4 is 27.8 Å². The molecule has 15 heavy (non-hydrogen) atoms. The molecule has 0 aliphatic rings. The Balaban J connectivity index is 2.21. The minimum Gasteiger partial charge on any atom is -0.398 e. The van der Waals surface area contributed by atoms with Gasteiger partial charge in [-0.2, -0.15) is 0 Å². The summed E-state index contributed by atoms with van der Waals surface area (Å²) in [6.07, 6.45) is 0. The molecule has 0 saturated carbocycles. The van der Waals surface area contributed by atoms with Crippen LogP contribution in [-0.2, 0) is 0 Å². The number of nitrogens with two attached hydrogens (primary N) is 1. The first kappa shape index (κ1) is 9.98. The first-order chi connectivity index (χ1) is 7.15. The highest BCUT2D eigenvalue weighted by molar-refractivity contribution is 7.13. The molecule has 2 aromatic rings. The van der Waals surface area contributed by atoms with Gasteiger partial charge in [-0.05, 0) is 31.5 Å². The lowest BCUT2D eigenvalue weighted by molar-refractivity contribution is 1.26. The van der Waals surface area contributed by atoms with Crippen molar-refractivity contribution in [3.05, 3.63) is 34.8 Å². The van der Waals surface area contributed by atoms with E-state index < -0.39 is 0 Å². The summed E-state index contributed by atoms with van der Waals surface area (Å²) in [6, 6.07) is 5.92. The molecule has 0 atom stereocenters. The van der Waals surface area contributed by atoms with Crippen LogP contribution in [0.3, 0.4) is 0 Å². The molecule has 1 heterocycles. The van der Waals surface area contributed by atoms with E-state index >= 15 is 0 Å². The standard InChI is InChI=1S/C11H13N3S/c1-7-3-4-9(5-10(7)12)14-11-13-8(2)6-15-11/h3-6H,12H2,1-2H3,(H,13,14). The number of hydrogen-bond acceptors (Lipinski definition) is 4. The fraction of sp³-hybridized carbons (Fsp3) is 0.182. The van der Waals surface area contributed by atoms with Gasteiger partial charge < -0.3 is 11.1 Å². The summed E-state index contributed by atoms with van der Waals surface area (Å²) < 4.78 is 0. The second-order valence-electron chi connectivity index (χ2n) is 3.49. The highest BCUT2D eigenvalue weighted by atomic mass is 32.1. The Bertz CT molecular complexity index is 476. The van der Waals surface area contributed by atoms with Gasteiger partial charge in [-0.1, -0.05) is 6.07 Å². The van der Waals surface area contributed by atoms with Crippen molar-refractivity contribution in [2.45, 2.75) is 13.8 Å². The van der Waals surface area contributed by atoms with E-state index in [1.807, 2.05) is 37.4 Å². The van der Waals surface area contributed by atoms with Gasteiger partial charge >= 0.3 is 0 Å². The zero-order chi connectivity index (χ0) is 10.8. The molecule has 0 aliphatic carbocycles. The Morgan fingerprint density at radius 1 is 1.33 bits per heavy atom. The van der Waals surface area contributed by atoms with Crippen molar-refractivity contribution in [3.8, 4) is 0 Å². The summed E-state index contributed by atoms with van der Waals surface area (Å²) in [5.74, 6) is 0. The van der Waals surface area contributed by atoms with E-state index in [1.54, 1.807) is 11.3 Å². The maximum Gasteiger partial charge on any atom is 0.187 e. The molecule has 0 saturated heterocycles. The van der Waals surface area contributed by atoms with Crippen molar-refractivity contribution in [2.75, 3.05) is 11.1 Å². The predicted octanol–water partition coefficient (Wildman–Crippen LogP) is 3.09. The Kier molecular flexibility index (Phi) is 2.60. The van der Waals surface area contributed by atoms with Crippen LogP contribution in [0.5, 0.6) is 0 Å². The molecule has 0 unspecified atom stereocenters. The largest absolute Gasteiger partial charge is 0.398 e. The third kappa shape index (κ3) is 2.27. The number of aromatic nitrogens is 1. The lowest BCUT2D eigenvalue weighted by atomic mass is 10.2. The van der Waals surface area contributed by atoms with Gasteiger partial charge in [0.05, 0.1) is 5.69 Å². The first-order valence-corrected chi connectivity index (χ1v) is 5.58. The second-order valence-corrected chi connectivity index (χ2v) is 4.35. The SMILES string of the molecule is Cc1csc(Nc2ccc(C)c(N)c2)n1. The van der Waals surface area contributed by atoms with Gasteiger partial charge in [0, 0.05) is 16.8 Å². The number of hydrogen-bond donors (Lipinski definition) is 2. The molecule has 0 radical (unpaired) electrons. The monoisotopic (exact) mass is 219 g/mol. The summed E-state index contributed by atoms with van der Waals surface area (Å²) in [7, 11) is 0. The smallest absolute Gasteiger partial charge is 0.187 e. The number of nitrogen functional groups attached to an aromatic ring is 1. The molecule has 2 rings (SSSR count). The molecule has 78 valence electrons. The van der Waals surface area contributed by atoms with Crippen LogP contribution in [0.15, 0.2) is 23.6 Å². The van der Waals surface area contributed by atoms with Gasteiger partial charge in [0.1, 0.15) is 0 Å². The van der Waals surface area contributed by atoms with E-state index in [9.17, 15) is 0 Å². The van der Waals surface area contributed by atoms with Gasteiger partial charge in [0.2, 0.25) is 0 Å².